The zero-order valence-electron chi connectivity index (χ0n) is 8.89. The van der Waals surface area contributed by atoms with Crippen LogP contribution in [0.1, 0.15) is 27.7 Å². The molecule has 13 heavy (non-hydrogen) atoms. The monoisotopic (exact) mass is 192 g/mol. The highest BCUT2D eigenvalue weighted by atomic mass is 16.6. The second-order valence-electron chi connectivity index (χ2n) is 3.85. The van der Waals surface area contributed by atoms with Gasteiger partial charge in [-0.15, -0.1) is 0 Å². The van der Waals surface area contributed by atoms with Gasteiger partial charge in [-0.25, -0.2) is 10.3 Å². The van der Waals surface area contributed by atoms with Crippen LogP contribution in [-0.4, -0.2) is 18.8 Å². The Labute approximate surface area is 79.0 Å². The van der Waals surface area contributed by atoms with E-state index in [0.29, 0.717) is 0 Å². The number of hydrogen-bond acceptors (Lipinski definition) is 4. The van der Waals surface area contributed by atoms with Gasteiger partial charge in [0.2, 0.25) is 0 Å². The van der Waals surface area contributed by atoms with Gasteiger partial charge in [0.25, 0.3) is 0 Å². The molecule has 2 atom stereocenters. The highest BCUT2D eigenvalue weighted by molar-refractivity contribution is 4.56. The van der Waals surface area contributed by atoms with Crippen molar-refractivity contribution in [2.45, 2.75) is 39.4 Å². The maximum absolute atomic E-state index is 11.4. The number of rotatable bonds is 5. The first-order valence-electron chi connectivity index (χ1n) is 4.35. The van der Waals surface area contributed by atoms with Crippen LogP contribution in [0.25, 0.3) is 0 Å². The molecule has 0 spiro atoms. The molecule has 0 saturated heterocycles. The minimum absolute atomic E-state index is 0.170. The van der Waals surface area contributed by atoms with Gasteiger partial charge in [-0.3, -0.25) is 5.32 Å². The zero-order valence-corrected chi connectivity index (χ0v) is 8.89. The van der Waals surface area contributed by atoms with E-state index in [1.54, 1.807) is 34.7 Å². The molecule has 6 nitrogen and oxygen atoms in total. The molecule has 0 aliphatic carbocycles. The fourth-order valence-electron chi connectivity index (χ4n) is 0.526. The van der Waals surface area contributed by atoms with Crippen LogP contribution < -0.4 is 21.2 Å². The average molecular weight is 192 g/mol. The topological polar surface area (TPSA) is 79.1 Å². The van der Waals surface area contributed by atoms with Crippen molar-refractivity contribution in [1.29, 1.82) is 0 Å². The van der Waals surface area contributed by atoms with E-state index in [1.807, 2.05) is 0 Å². The predicted molar refractivity (Wildman–Crippen MR) is 50.1 cm³/mol. The molecule has 2 unspecified atom stereocenters. The molecule has 0 aliphatic rings. The van der Waals surface area contributed by atoms with Crippen molar-refractivity contribution >= 4 is 0 Å². The minimum atomic E-state index is -0.704. The van der Waals surface area contributed by atoms with E-state index in [4.69, 9.17) is 0 Å². The summed E-state index contributed by atoms with van der Waals surface area (Å²) in [6, 6.07) is -0.170. The van der Waals surface area contributed by atoms with E-state index in [2.05, 4.69) is 10.9 Å². The second-order valence-corrected chi connectivity index (χ2v) is 3.85. The van der Waals surface area contributed by atoms with Gasteiger partial charge in [-0.1, -0.05) is 0 Å². The number of hydroxylamine groups is 2. The smallest absolute Gasteiger partial charge is 0.166 e. The fourth-order valence-corrected chi connectivity index (χ4v) is 0.526. The quantitative estimate of drug-likeness (QED) is 0.288. The van der Waals surface area contributed by atoms with Gasteiger partial charge in [-0.05, 0) is 26.4 Å². The molecule has 0 aliphatic heterocycles. The second kappa shape index (κ2) is 4.85. The van der Waals surface area contributed by atoms with Crippen LogP contribution in [0.4, 0.5) is 0 Å². The Morgan fingerprint density at radius 3 is 2.00 bits per heavy atom. The van der Waals surface area contributed by atoms with Crippen molar-refractivity contribution in [2.24, 2.45) is 0 Å². The third-order valence-electron chi connectivity index (χ3n) is 1.95. The van der Waals surface area contributed by atoms with Crippen molar-refractivity contribution in [3.05, 3.63) is 10.4 Å². The first kappa shape index (κ1) is 12.8. The molecule has 0 rings (SSSR count). The van der Waals surface area contributed by atoms with Crippen molar-refractivity contribution in [2.75, 3.05) is 7.05 Å². The molecular formula is C7H20N4O2. The van der Waals surface area contributed by atoms with Crippen LogP contribution in [0.2, 0.25) is 0 Å². The Balaban J connectivity index is 4.06. The Bertz CT molecular complexity index is 151. The van der Waals surface area contributed by atoms with Gasteiger partial charge in [-0.2, -0.15) is 0 Å². The Hall–Kier alpha value is -0.240. The van der Waals surface area contributed by atoms with E-state index in [9.17, 15) is 10.4 Å². The van der Waals surface area contributed by atoms with Crippen LogP contribution in [0, 0.1) is 10.4 Å². The maximum atomic E-state index is 11.4. The highest BCUT2D eigenvalue weighted by Crippen LogP contribution is 1.84. The van der Waals surface area contributed by atoms with Crippen LogP contribution in [0.5, 0.6) is 0 Å². The SMILES string of the molecule is CNC(C)(C)[NH+]([O-])N[NH+]([O-])C(C)C. The largest absolute Gasteiger partial charge is 0.609 e. The summed E-state index contributed by atoms with van der Waals surface area (Å²) in [6.07, 6.45) is 0. The van der Waals surface area contributed by atoms with Crippen molar-refractivity contribution in [3.8, 4) is 0 Å². The van der Waals surface area contributed by atoms with E-state index in [1.165, 1.54) is 0 Å². The van der Waals surface area contributed by atoms with Gasteiger partial charge >= 0.3 is 0 Å². The molecule has 0 aromatic rings. The van der Waals surface area contributed by atoms with Crippen LogP contribution >= 0.6 is 0 Å². The Morgan fingerprint density at radius 1 is 1.23 bits per heavy atom. The number of quaternary nitrogens is 2. The lowest BCUT2D eigenvalue weighted by atomic mass is 10.3. The summed E-state index contributed by atoms with van der Waals surface area (Å²) in [4.78, 5) is 0. The normalized spacial score (nSPS) is 17.5. The van der Waals surface area contributed by atoms with Crippen molar-refractivity contribution in [1.82, 2.24) is 10.9 Å². The van der Waals surface area contributed by atoms with E-state index < -0.39 is 5.66 Å². The summed E-state index contributed by atoms with van der Waals surface area (Å²) in [7, 11) is 1.68. The zero-order chi connectivity index (χ0) is 10.6. The summed E-state index contributed by atoms with van der Waals surface area (Å²) in [5.74, 6) is 0. The van der Waals surface area contributed by atoms with Crippen LogP contribution in [0.3, 0.4) is 0 Å². The molecule has 80 valence electrons. The molecule has 0 aromatic carbocycles. The summed E-state index contributed by atoms with van der Waals surface area (Å²) in [5.41, 5.74) is 1.63. The minimum Gasteiger partial charge on any atom is -0.609 e. The van der Waals surface area contributed by atoms with Crippen molar-refractivity contribution < 1.29 is 10.3 Å². The van der Waals surface area contributed by atoms with Crippen LogP contribution in [0.15, 0.2) is 0 Å². The third kappa shape index (κ3) is 3.99. The lowest BCUT2D eigenvalue weighted by molar-refractivity contribution is -1.14. The molecule has 0 bridgehead atoms. The van der Waals surface area contributed by atoms with E-state index in [0.717, 1.165) is 0 Å². The van der Waals surface area contributed by atoms with E-state index in [-0.39, 0.29) is 16.4 Å². The molecular weight excluding hydrogens is 172 g/mol. The third-order valence-corrected chi connectivity index (χ3v) is 1.95. The van der Waals surface area contributed by atoms with Gasteiger partial charge in [0.1, 0.15) is 6.04 Å². The molecule has 0 heterocycles. The van der Waals surface area contributed by atoms with Crippen molar-refractivity contribution in [3.63, 3.8) is 0 Å². The van der Waals surface area contributed by atoms with Gasteiger partial charge in [0.05, 0.1) is 0 Å². The maximum Gasteiger partial charge on any atom is 0.166 e. The van der Waals surface area contributed by atoms with Gasteiger partial charge in [0, 0.05) is 13.8 Å². The standard InChI is InChI=1S/C7H20N4O2/c1-6(2)10(12)9-11(13)7(3,4)8-5/h6,8-11H,1-5H3. The predicted octanol–water partition coefficient (Wildman–Crippen LogP) is -2.46. The lowest BCUT2D eigenvalue weighted by Gasteiger charge is -2.39. The molecule has 0 saturated carbocycles. The molecule has 0 aromatic heterocycles. The molecule has 0 amide bonds. The van der Waals surface area contributed by atoms with Gasteiger partial charge < -0.3 is 10.4 Å². The molecule has 0 fully saturated rings. The fraction of sp³-hybridized carbons (Fsp3) is 1.00. The highest BCUT2D eigenvalue weighted by Gasteiger charge is 2.24. The summed E-state index contributed by atoms with van der Waals surface area (Å²) >= 11 is 0. The first-order valence-corrected chi connectivity index (χ1v) is 4.35. The summed E-state index contributed by atoms with van der Waals surface area (Å²) < 4.78 is 0. The average Bonchev–Trinajstić information content (AvgIpc) is 2.04. The lowest BCUT2D eigenvalue weighted by Crippen LogP contribution is -3.40. The summed E-state index contributed by atoms with van der Waals surface area (Å²) in [6.45, 7) is 6.93. The summed E-state index contributed by atoms with van der Waals surface area (Å²) in [5, 5.41) is 24.9. The first-order chi connectivity index (χ1) is 5.81. The Morgan fingerprint density at radius 2 is 1.69 bits per heavy atom. The van der Waals surface area contributed by atoms with Gasteiger partial charge in [0.15, 0.2) is 5.66 Å². The molecule has 6 heteroatoms. The van der Waals surface area contributed by atoms with Crippen LogP contribution in [-0.2, 0) is 0 Å². The molecule has 4 N–H and O–H groups in total. The van der Waals surface area contributed by atoms with E-state index >= 15 is 0 Å². The molecule has 0 radical (unpaired) electrons. The number of nitrogens with one attached hydrogen (secondary N) is 4. The Kier molecular flexibility index (Phi) is 4.76. The number of hydrogen-bond donors (Lipinski definition) is 4.